The highest BCUT2D eigenvalue weighted by Gasteiger charge is 2.31. The quantitative estimate of drug-likeness (QED) is 0.328. The number of carbonyl (C=O) groups is 1. The lowest BCUT2D eigenvalue weighted by molar-refractivity contribution is -0.135. The van der Waals surface area contributed by atoms with Crippen molar-refractivity contribution < 1.29 is 13.2 Å². The molecule has 0 bridgehead atoms. The van der Waals surface area contributed by atoms with E-state index in [1.807, 2.05) is 18.7 Å². The van der Waals surface area contributed by atoms with Crippen molar-refractivity contribution in [1.29, 1.82) is 0 Å². The van der Waals surface area contributed by atoms with Gasteiger partial charge in [-0.05, 0) is 32.6 Å². The van der Waals surface area contributed by atoms with Gasteiger partial charge in [0.2, 0.25) is 15.9 Å². The molecule has 2 rings (SSSR count). The number of amides is 1. The Morgan fingerprint density at radius 1 is 1.17 bits per heavy atom. The van der Waals surface area contributed by atoms with E-state index in [1.165, 1.54) is 29.8 Å². The van der Waals surface area contributed by atoms with Crippen molar-refractivity contribution in [3.63, 3.8) is 0 Å². The van der Waals surface area contributed by atoms with Gasteiger partial charge in [-0.1, -0.05) is 26.2 Å². The van der Waals surface area contributed by atoms with Crippen molar-refractivity contribution in [2.24, 2.45) is 10.9 Å². The fraction of sp³-hybridized carbons (Fsp3) is 0.900. The molecule has 1 heterocycles. The average Bonchev–Trinajstić information content (AvgIpc) is 3.15. The van der Waals surface area contributed by atoms with Crippen LogP contribution in [0.5, 0.6) is 0 Å². The third kappa shape index (κ3) is 7.77. The molecule has 168 valence electrons. The van der Waals surface area contributed by atoms with Crippen molar-refractivity contribution in [2.45, 2.75) is 64.8 Å². The number of hydrogen-bond donors (Lipinski definition) is 2. The topological polar surface area (TPSA) is 94.1 Å². The van der Waals surface area contributed by atoms with Gasteiger partial charge in [0.05, 0.1) is 6.26 Å². The molecule has 0 aromatic heterocycles. The summed E-state index contributed by atoms with van der Waals surface area (Å²) in [6, 6.07) is 0.212. The molecular formula is C20H39N5O3S. The van der Waals surface area contributed by atoms with Crippen molar-refractivity contribution in [1.82, 2.24) is 19.8 Å². The summed E-state index contributed by atoms with van der Waals surface area (Å²) >= 11 is 0. The summed E-state index contributed by atoms with van der Waals surface area (Å²) in [7, 11) is -3.15. The molecule has 29 heavy (non-hydrogen) atoms. The summed E-state index contributed by atoms with van der Waals surface area (Å²) in [5.74, 6) is 1.30. The Bertz CT molecular complexity index is 647. The maximum Gasteiger partial charge on any atom is 0.225 e. The Kier molecular flexibility index (Phi) is 9.68. The maximum absolute atomic E-state index is 12.7. The van der Waals surface area contributed by atoms with Gasteiger partial charge in [-0.25, -0.2) is 12.7 Å². The lowest BCUT2D eigenvalue weighted by atomic mass is 9.88. The summed E-state index contributed by atoms with van der Waals surface area (Å²) in [5, 5.41) is 6.70. The monoisotopic (exact) mass is 429 g/mol. The molecule has 2 aliphatic rings. The fourth-order valence-corrected chi connectivity index (χ4v) is 5.13. The molecule has 1 atom stereocenters. The number of aliphatic imine (C=N–C) groups is 1. The van der Waals surface area contributed by atoms with Crippen molar-refractivity contribution in [3.8, 4) is 0 Å². The first kappa shape index (κ1) is 23.9. The van der Waals surface area contributed by atoms with Gasteiger partial charge in [0, 0.05) is 51.2 Å². The van der Waals surface area contributed by atoms with Gasteiger partial charge in [0.15, 0.2) is 5.96 Å². The molecule has 1 saturated heterocycles. The second-order valence-electron chi connectivity index (χ2n) is 8.12. The molecule has 0 spiro atoms. The second-order valence-corrected chi connectivity index (χ2v) is 10.1. The highest BCUT2D eigenvalue weighted by atomic mass is 32.2. The van der Waals surface area contributed by atoms with Gasteiger partial charge in [-0.3, -0.25) is 9.79 Å². The highest BCUT2D eigenvalue weighted by Crippen LogP contribution is 2.26. The van der Waals surface area contributed by atoms with Crippen LogP contribution in [0.15, 0.2) is 4.99 Å². The van der Waals surface area contributed by atoms with Gasteiger partial charge >= 0.3 is 0 Å². The molecule has 9 heteroatoms. The third-order valence-electron chi connectivity index (χ3n) is 5.80. The molecule has 1 aliphatic carbocycles. The number of rotatable bonds is 9. The van der Waals surface area contributed by atoms with Crippen LogP contribution in [-0.2, 0) is 14.8 Å². The second kappa shape index (κ2) is 11.7. The minimum atomic E-state index is -3.15. The summed E-state index contributed by atoms with van der Waals surface area (Å²) in [6.45, 7) is 7.68. The van der Waals surface area contributed by atoms with Gasteiger partial charge in [-0.15, -0.1) is 0 Å². The van der Waals surface area contributed by atoms with Crippen molar-refractivity contribution >= 4 is 21.9 Å². The normalized spacial score (nSPS) is 21.6. The molecule has 2 fully saturated rings. The smallest absolute Gasteiger partial charge is 0.225 e. The van der Waals surface area contributed by atoms with Crippen LogP contribution in [-0.4, -0.2) is 81.1 Å². The van der Waals surface area contributed by atoms with E-state index in [0.717, 1.165) is 44.9 Å². The highest BCUT2D eigenvalue weighted by molar-refractivity contribution is 7.88. The first-order valence-corrected chi connectivity index (χ1v) is 13.0. The Hall–Kier alpha value is -1.35. The molecule has 0 aromatic carbocycles. The van der Waals surface area contributed by atoms with E-state index < -0.39 is 10.0 Å². The molecule has 1 aliphatic heterocycles. The number of nitrogens with one attached hydrogen (secondary N) is 2. The molecule has 1 saturated carbocycles. The summed E-state index contributed by atoms with van der Waals surface area (Å²) in [5.41, 5.74) is 0. The molecule has 0 aromatic rings. The van der Waals surface area contributed by atoms with Crippen LogP contribution in [0.4, 0.5) is 0 Å². The standard InChI is InChI=1S/C20H39N5O3S/c1-4-21-20(22-13-9-14-25(5-2)29(3,27)28)23-18-12-15-24(16-18)19(26)17-10-7-6-8-11-17/h17-18H,4-16H2,1-3H3,(H2,21,22,23). The van der Waals surface area contributed by atoms with Crippen LogP contribution in [0.3, 0.4) is 0 Å². The van der Waals surface area contributed by atoms with Crippen LogP contribution in [0.2, 0.25) is 0 Å². The summed E-state index contributed by atoms with van der Waals surface area (Å²) < 4.78 is 24.8. The van der Waals surface area contributed by atoms with Crippen LogP contribution >= 0.6 is 0 Å². The first-order chi connectivity index (χ1) is 13.8. The van der Waals surface area contributed by atoms with E-state index in [1.54, 1.807) is 0 Å². The van der Waals surface area contributed by atoms with Gasteiger partial charge in [0.1, 0.15) is 0 Å². The van der Waals surface area contributed by atoms with Crippen molar-refractivity contribution in [2.75, 3.05) is 45.5 Å². The molecule has 0 radical (unpaired) electrons. The van der Waals surface area contributed by atoms with E-state index in [9.17, 15) is 13.2 Å². The SMILES string of the molecule is CCNC(=NCCCN(CC)S(C)(=O)=O)NC1CCN(C(=O)C2CCCCC2)C1. The minimum Gasteiger partial charge on any atom is -0.357 e. The number of carbonyl (C=O) groups excluding carboxylic acids is 1. The zero-order chi connectivity index (χ0) is 21.3. The van der Waals surface area contributed by atoms with E-state index in [-0.39, 0.29) is 12.0 Å². The third-order valence-corrected chi connectivity index (χ3v) is 7.18. The Balaban J connectivity index is 1.80. The lowest BCUT2D eigenvalue weighted by Gasteiger charge is -2.26. The van der Waals surface area contributed by atoms with E-state index in [2.05, 4.69) is 15.6 Å². The van der Waals surface area contributed by atoms with Gasteiger partial charge in [-0.2, -0.15) is 0 Å². The predicted octanol–water partition coefficient (Wildman–Crippen LogP) is 1.39. The molecular weight excluding hydrogens is 390 g/mol. The zero-order valence-corrected chi connectivity index (χ0v) is 19.1. The largest absolute Gasteiger partial charge is 0.357 e. The minimum absolute atomic E-state index is 0.212. The predicted molar refractivity (Wildman–Crippen MR) is 117 cm³/mol. The van der Waals surface area contributed by atoms with Crippen molar-refractivity contribution in [3.05, 3.63) is 0 Å². The molecule has 2 N–H and O–H groups in total. The number of sulfonamides is 1. The Labute approximate surface area is 176 Å². The van der Waals surface area contributed by atoms with Crippen LogP contribution in [0, 0.1) is 5.92 Å². The molecule has 1 amide bonds. The first-order valence-electron chi connectivity index (χ1n) is 11.1. The lowest BCUT2D eigenvalue weighted by Crippen LogP contribution is -2.45. The van der Waals surface area contributed by atoms with Crippen LogP contribution in [0.25, 0.3) is 0 Å². The van der Waals surface area contributed by atoms with E-state index >= 15 is 0 Å². The maximum atomic E-state index is 12.7. The Morgan fingerprint density at radius 3 is 2.52 bits per heavy atom. The number of nitrogens with zero attached hydrogens (tertiary/aromatic N) is 3. The van der Waals surface area contributed by atoms with Gasteiger partial charge < -0.3 is 15.5 Å². The summed E-state index contributed by atoms with van der Waals surface area (Å²) in [4.78, 5) is 19.4. The number of likely N-dealkylation sites (tertiary alicyclic amines) is 1. The number of guanidine groups is 1. The van der Waals surface area contributed by atoms with E-state index in [0.29, 0.717) is 32.0 Å². The zero-order valence-electron chi connectivity index (χ0n) is 18.3. The van der Waals surface area contributed by atoms with Crippen LogP contribution < -0.4 is 10.6 Å². The summed E-state index contributed by atoms with van der Waals surface area (Å²) in [6.07, 6.45) is 8.55. The number of hydrogen-bond acceptors (Lipinski definition) is 4. The van der Waals surface area contributed by atoms with Crippen LogP contribution in [0.1, 0.15) is 58.8 Å². The molecule has 1 unspecified atom stereocenters. The average molecular weight is 430 g/mol. The molecule has 8 nitrogen and oxygen atoms in total. The fourth-order valence-electron chi connectivity index (χ4n) is 4.20. The van der Waals surface area contributed by atoms with Gasteiger partial charge in [0.25, 0.3) is 0 Å². The van der Waals surface area contributed by atoms with E-state index in [4.69, 9.17) is 0 Å². The Morgan fingerprint density at radius 2 is 1.90 bits per heavy atom.